The molecule has 3 atom stereocenters. The molecule has 3 nitrogen and oxygen atoms in total. The Morgan fingerprint density at radius 2 is 2.04 bits per heavy atom. The molecule has 0 bridgehead atoms. The van der Waals surface area contributed by atoms with Crippen LogP contribution in [0.1, 0.15) is 48.0 Å². The number of aromatic nitrogens is 1. The zero-order valence-corrected chi connectivity index (χ0v) is 16.3. The Morgan fingerprint density at radius 3 is 2.76 bits per heavy atom. The van der Waals surface area contributed by atoms with E-state index in [-0.39, 0.29) is 17.1 Å². The Balaban J connectivity index is 0.000000880. The van der Waals surface area contributed by atoms with E-state index in [2.05, 4.69) is 74.0 Å². The predicted octanol–water partition coefficient (Wildman–Crippen LogP) is 5.71. The van der Waals surface area contributed by atoms with Crippen molar-refractivity contribution in [2.45, 2.75) is 54.2 Å². The normalized spacial score (nSPS) is 31.3. The maximum absolute atomic E-state index is 6.33. The maximum Gasteiger partial charge on any atom is 0.239 e. The average molecular weight is 338 g/mol. The molecule has 3 unspecified atom stereocenters. The second-order valence-corrected chi connectivity index (χ2v) is 7.48. The fraction of sp³-hybridized carbons (Fsp3) is 0.500. The number of piperidine rings is 1. The molecule has 3 aliphatic rings. The fourth-order valence-corrected chi connectivity index (χ4v) is 4.50. The van der Waals surface area contributed by atoms with Gasteiger partial charge in [-0.05, 0) is 31.6 Å². The van der Waals surface area contributed by atoms with Gasteiger partial charge in [0.05, 0.1) is 0 Å². The third kappa shape index (κ3) is 2.36. The topological polar surface area (TPSA) is 25.4 Å². The Bertz CT molecular complexity index is 731. The Labute approximate surface area is 152 Å². The molecular formula is C22H30N2O. The molecule has 1 saturated heterocycles. The summed E-state index contributed by atoms with van der Waals surface area (Å²) in [4.78, 5) is 6.83. The van der Waals surface area contributed by atoms with Crippen molar-refractivity contribution < 1.29 is 4.74 Å². The van der Waals surface area contributed by atoms with Gasteiger partial charge in [0, 0.05) is 28.6 Å². The minimum Gasteiger partial charge on any atom is -0.451 e. The quantitative estimate of drug-likeness (QED) is 0.613. The molecule has 0 N–H and O–H groups in total. The van der Waals surface area contributed by atoms with E-state index in [4.69, 9.17) is 4.74 Å². The Kier molecular flexibility index (Phi) is 4.52. The molecule has 3 heteroatoms. The number of fused-ring (bicyclic) bond motifs is 5. The molecule has 2 aliphatic heterocycles. The van der Waals surface area contributed by atoms with E-state index < -0.39 is 0 Å². The second-order valence-electron chi connectivity index (χ2n) is 7.48. The molecule has 25 heavy (non-hydrogen) atoms. The lowest BCUT2D eigenvalue weighted by molar-refractivity contribution is -0.0419. The summed E-state index contributed by atoms with van der Waals surface area (Å²) in [7, 11) is 0. The van der Waals surface area contributed by atoms with E-state index in [1.54, 1.807) is 0 Å². The zero-order chi connectivity index (χ0) is 18.2. The number of pyridine rings is 1. The van der Waals surface area contributed by atoms with Gasteiger partial charge in [-0.15, -0.1) is 0 Å². The smallest absolute Gasteiger partial charge is 0.239 e. The first-order chi connectivity index (χ1) is 12.0. The van der Waals surface area contributed by atoms with Crippen molar-refractivity contribution in [3.05, 3.63) is 54.4 Å². The van der Waals surface area contributed by atoms with Gasteiger partial charge in [-0.2, -0.15) is 0 Å². The van der Waals surface area contributed by atoms with Crippen LogP contribution in [0.5, 0.6) is 5.88 Å². The van der Waals surface area contributed by atoms with Gasteiger partial charge < -0.3 is 9.64 Å². The van der Waals surface area contributed by atoms with Crippen LogP contribution in [-0.2, 0) is 0 Å². The molecule has 4 rings (SSSR count). The lowest BCUT2D eigenvalue weighted by Crippen LogP contribution is -2.61. The van der Waals surface area contributed by atoms with E-state index in [1.807, 2.05) is 26.1 Å². The lowest BCUT2D eigenvalue weighted by Gasteiger charge is -2.58. The maximum atomic E-state index is 6.33. The van der Waals surface area contributed by atoms with Crippen LogP contribution < -0.4 is 9.64 Å². The molecule has 0 radical (unpaired) electrons. The summed E-state index contributed by atoms with van der Waals surface area (Å²) in [5, 5.41) is 0. The van der Waals surface area contributed by atoms with Crippen molar-refractivity contribution in [2.75, 3.05) is 4.90 Å². The first kappa shape index (κ1) is 17.8. The molecule has 1 aromatic heterocycles. The average Bonchev–Trinajstić information content (AvgIpc) is 3.03. The number of rotatable bonds is 1. The van der Waals surface area contributed by atoms with Gasteiger partial charge >= 0.3 is 0 Å². The highest BCUT2D eigenvalue weighted by Gasteiger charge is 2.61. The van der Waals surface area contributed by atoms with Crippen LogP contribution in [0.2, 0.25) is 0 Å². The van der Waals surface area contributed by atoms with Gasteiger partial charge in [0.15, 0.2) is 6.23 Å². The molecule has 0 aromatic carbocycles. The first-order valence-corrected chi connectivity index (χ1v) is 9.42. The highest BCUT2D eigenvalue weighted by molar-refractivity contribution is 5.66. The third-order valence-electron chi connectivity index (χ3n) is 6.12. The van der Waals surface area contributed by atoms with E-state index in [0.717, 1.165) is 18.0 Å². The first-order valence-electron chi connectivity index (χ1n) is 9.42. The predicted molar refractivity (Wildman–Crippen MR) is 105 cm³/mol. The van der Waals surface area contributed by atoms with Gasteiger partial charge in [0.2, 0.25) is 5.88 Å². The number of allylic oxidation sites excluding steroid dienone is 6. The van der Waals surface area contributed by atoms with E-state index >= 15 is 0 Å². The van der Waals surface area contributed by atoms with Gasteiger partial charge in [0.25, 0.3) is 0 Å². The van der Waals surface area contributed by atoms with Crippen molar-refractivity contribution in [1.29, 1.82) is 0 Å². The van der Waals surface area contributed by atoms with Gasteiger partial charge in [0.1, 0.15) is 5.69 Å². The van der Waals surface area contributed by atoms with Crippen LogP contribution in [0.4, 0.5) is 5.69 Å². The highest BCUT2D eigenvalue weighted by Crippen LogP contribution is 2.62. The van der Waals surface area contributed by atoms with Crippen LogP contribution in [0.3, 0.4) is 0 Å². The van der Waals surface area contributed by atoms with Crippen LogP contribution >= 0.6 is 0 Å². The largest absolute Gasteiger partial charge is 0.451 e. The Morgan fingerprint density at radius 1 is 1.28 bits per heavy atom. The van der Waals surface area contributed by atoms with Crippen molar-refractivity contribution >= 4 is 5.69 Å². The lowest BCUT2D eigenvalue weighted by atomic mass is 9.54. The van der Waals surface area contributed by atoms with Gasteiger partial charge in [-0.1, -0.05) is 58.9 Å². The molecule has 0 saturated carbocycles. The van der Waals surface area contributed by atoms with Crippen molar-refractivity contribution in [3.8, 4) is 5.88 Å². The molecule has 0 spiro atoms. The minimum atomic E-state index is -0.0482. The summed E-state index contributed by atoms with van der Waals surface area (Å²) in [5.41, 5.74) is 2.43. The molecule has 134 valence electrons. The fourth-order valence-electron chi connectivity index (χ4n) is 4.50. The summed E-state index contributed by atoms with van der Waals surface area (Å²) >= 11 is 0. The van der Waals surface area contributed by atoms with E-state index in [1.165, 1.54) is 5.70 Å². The number of hydrogen-bond donors (Lipinski definition) is 0. The molecule has 1 fully saturated rings. The molecule has 1 aliphatic carbocycles. The van der Waals surface area contributed by atoms with Crippen LogP contribution in [0, 0.1) is 16.7 Å². The third-order valence-corrected chi connectivity index (χ3v) is 6.12. The summed E-state index contributed by atoms with van der Waals surface area (Å²) in [6.45, 7) is 13.1. The van der Waals surface area contributed by atoms with E-state index in [9.17, 15) is 0 Å². The summed E-state index contributed by atoms with van der Waals surface area (Å²) < 4.78 is 6.33. The molecule has 1 aromatic rings. The minimum absolute atomic E-state index is 0.0254. The number of hydrogen-bond acceptors (Lipinski definition) is 3. The molecular weight excluding hydrogens is 308 g/mol. The van der Waals surface area contributed by atoms with Crippen LogP contribution in [0.15, 0.2) is 54.4 Å². The zero-order valence-electron chi connectivity index (χ0n) is 16.3. The van der Waals surface area contributed by atoms with Gasteiger partial charge in [-0.25, -0.2) is 4.98 Å². The monoisotopic (exact) mass is 338 g/mol. The van der Waals surface area contributed by atoms with Crippen molar-refractivity contribution in [3.63, 3.8) is 0 Å². The van der Waals surface area contributed by atoms with Crippen LogP contribution in [0.25, 0.3) is 0 Å². The number of nitrogens with zero attached hydrogens (tertiary/aromatic N) is 2. The summed E-state index contributed by atoms with van der Waals surface area (Å²) in [6, 6.07) is 4.11. The highest BCUT2D eigenvalue weighted by atomic mass is 16.5. The Hall–Kier alpha value is -2.03. The van der Waals surface area contributed by atoms with Gasteiger partial charge in [-0.3, -0.25) is 0 Å². The SMILES string of the molecule is CC.CC=CC1(C)C2CC=CC=C2N2c3cccnc3OC2C1(C)C. The van der Waals surface area contributed by atoms with Crippen molar-refractivity contribution in [2.24, 2.45) is 16.7 Å². The van der Waals surface area contributed by atoms with Crippen LogP contribution in [-0.4, -0.2) is 11.2 Å². The van der Waals surface area contributed by atoms with Crippen molar-refractivity contribution in [1.82, 2.24) is 4.98 Å². The standard InChI is InChI=1S/C20H24N2O.C2H6/c1-5-12-20(4)14-9-6-7-10-15(14)22-16-11-8-13-21-17(16)23-18(22)19(20,2)3;1-2/h5-8,10-14,18H,9H2,1-4H3;1-2H3. The second kappa shape index (κ2) is 6.36. The molecule has 0 amide bonds. The summed E-state index contributed by atoms with van der Waals surface area (Å²) in [5.74, 6) is 1.20. The summed E-state index contributed by atoms with van der Waals surface area (Å²) in [6.07, 6.45) is 14.1. The van der Waals surface area contributed by atoms with E-state index in [0.29, 0.717) is 5.92 Å². The number of ether oxygens (including phenoxy) is 1. The molecule has 3 heterocycles. The number of anilines is 1.